The van der Waals surface area contributed by atoms with Crippen molar-refractivity contribution in [2.45, 2.75) is 58.1 Å². The number of aryl methyl sites for hydroxylation is 2. The van der Waals surface area contributed by atoms with E-state index in [1.807, 2.05) is 0 Å². The molecule has 1 aliphatic heterocycles. The fraction of sp³-hybridized carbons (Fsp3) is 0.625. The summed E-state index contributed by atoms with van der Waals surface area (Å²) in [5.74, 6) is 0. The van der Waals surface area contributed by atoms with Crippen molar-refractivity contribution in [3.8, 4) is 0 Å². The summed E-state index contributed by atoms with van der Waals surface area (Å²) in [6.45, 7) is 5.20. The maximum atomic E-state index is 6.31. The van der Waals surface area contributed by atoms with E-state index in [1.165, 1.54) is 34.0 Å². The fourth-order valence-electron chi connectivity index (χ4n) is 2.80. The molecular formula is C16H24BrNO. The molecule has 2 N–H and O–H groups in total. The Morgan fingerprint density at radius 1 is 1.37 bits per heavy atom. The minimum absolute atomic E-state index is 0.145. The van der Waals surface area contributed by atoms with E-state index in [0.717, 1.165) is 25.9 Å². The molecule has 3 heteroatoms. The first-order chi connectivity index (χ1) is 9.08. The van der Waals surface area contributed by atoms with Gasteiger partial charge in [-0.3, -0.25) is 0 Å². The van der Waals surface area contributed by atoms with E-state index in [1.54, 1.807) is 0 Å². The normalized spacial score (nSPS) is 20.7. The number of ether oxygens (including phenoxy) is 1. The summed E-state index contributed by atoms with van der Waals surface area (Å²) in [4.78, 5) is 0. The average molecular weight is 326 g/mol. The summed E-state index contributed by atoms with van der Waals surface area (Å²) in [6.07, 6.45) is 6.29. The van der Waals surface area contributed by atoms with Crippen molar-refractivity contribution in [3.05, 3.63) is 33.3 Å². The monoisotopic (exact) mass is 325 g/mol. The van der Waals surface area contributed by atoms with Gasteiger partial charge in [0.1, 0.15) is 0 Å². The minimum Gasteiger partial charge on any atom is -0.378 e. The first-order valence-corrected chi connectivity index (χ1v) is 8.01. The van der Waals surface area contributed by atoms with E-state index in [-0.39, 0.29) is 6.04 Å². The SMILES string of the molecule is Cc1cc(C(N)CCCC2CCCO2)cc(C)c1Br. The minimum atomic E-state index is 0.145. The molecule has 0 aliphatic carbocycles. The molecule has 2 nitrogen and oxygen atoms in total. The number of rotatable bonds is 5. The second-order valence-electron chi connectivity index (χ2n) is 5.64. The average Bonchev–Trinajstić information content (AvgIpc) is 2.88. The molecule has 106 valence electrons. The van der Waals surface area contributed by atoms with Crippen LogP contribution in [0.5, 0.6) is 0 Å². The van der Waals surface area contributed by atoms with Gasteiger partial charge in [0, 0.05) is 17.1 Å². The number of hydrogen-bond donors (Lipinski definition) is 1. The molecule has 19 heavy (non-hydrogen) atoms. The van der Waals surface area contributed by atoms with Crippen molar-refractivity contribution in [1.29, 1.82) is 0 Å². The molecule has 1 heterocycles. The predicted molar refractivity (Wildman–Crippen MR) is 83.4 cm³/mol. The Hall–Kier alpha value is -0.380. The molecule has 1 aromatic rings. The van der Waals surface area contributed by atoms with E-state index >= 15 is 0 Å². The Morgan fingerprint density at radius 2 is 2.05 bits per heavy atom. The summed E-state index contributed by atoms with van der Waals surface area (Å²) >= 11 is 3.60. The number of hydrogen-bond acceptors (Lipinski definition) is 2. The van der Waals surface area contributed by atoms with Crippen molar-refractivity contribution in [1.82, 2.24) is 0 Å². The van der Waals surface area contributed by atoms with Gasteiger partial charge in [0.15, 0.2) is 0 Å². The van der Waals surface area contributed by atoms with E-state index in [0.29, 0.717) is 6.10 Å². The number of benzene rings is 1. The van der Waals surface area contributed by atoms with Crippen LogP contribution < -0.4 is 5.73 Å². The second kappa shape index (κ2) is 6.87. The van der Waals surface area contributed by atoms with E-state index in [2.05, 4.69) is 41.9 Å². The maximum Gasteiger partial charge on any atom is 0.0576 e. The third kappa shape index (κ3) is 4.04. The first kappa shape index (κ1) is 15.0. The maximum absolute atomic E-state index is 6.31. The molecule has 0 amide bonds. The van der Waals surface area contributed by atoms with E-state index in [4.69, 9.17) is 10.5 Å². The largest absolute Gasteiger partial charge is 0.378 e. The zero-order chi connectivity index (χ0) is 13.8. The second-order valence-corrected chi connectivity index (χ2v) is 6.43. The molecule has 1 fully saturated rings. The van der Waals surface area contributed by atoms with Crippen LogP contribution in [0.4, 0.5) is 0 Å². The van der Waals surface area contributed by atoms with Crippen LogP contribution in [-0.2, 0) is 4.74 Å². The third-order valence-corrected chi connectivity index (χ3v) is 5.20. The molecule has 0 bridgehead atoms. The van der Waals surface area contributed by atoms with Gasteiger partial charge in [-0.15, -0.1) is 0 Å². The van der Waals surface area contributed by atoms with Crippen molar-refractivity contribution >= 4 is 15.9 Å². The standard InChI is InChI=1S/C16H24BrNO/c1-11-9-13(10-12(2)16(11)17)15(18)7-3-5-14-6-4-8-19-14/h9-10,14-15H,3-8,18H2,1-2H3. The Morgan fingerprint density at radius 3 is 2.63 bits per heavy atom. The van der Waals surface area contributed by atoms with Crippen LogP contribution in [0.2, 0.25) is 0 Å². The lowest BCUT2D eigenvalue weighted by atomic mass is 9.97. The molecule has 0 spiro atoms. The summed E-state index contributed by atoms with van der Waals surface area (Å²) in [6, 6.07) is 4.55. The zero-order valence-corrected chi connectivity index (χ0v) is 13.5. The highest BCUT2D eigenvalue weighted by molar-refractivity contribution is 9.10. The van der Waals surface area contributed by atoms with E-state index in [9.17, 15) is 0 Å². The summed E-state index contributed by atoms with van der Waals surface area (Å²) < 4.78 is 6.84. The molecule has 2 unspecified atom stereocenters. The number of halogens is 1. The molecule has 0 saturated carbocycles. The molecular weight excluding hydrogens is 302 g/mol. The molecule has 0 radical (unpaired) electrons. The van der Waals surface area contributed by atoms with Gasteiger partial charge in [0.25, 0.3) is 0 Å². The van der Waals surface area contributed by atoms with Crippen LogP contribution in [0.15, 0.2) is 16.6 Å². The van der Waals surface area contributed by atoms with Crippen LogP contribution in [0.1, 0.15) is 54.8 Å². The molecule has 2 rings (SSSR count). The van der Waals surface area contributed by atoms with Crippen LogP contribution >= 0.6 is 15.9 Å². The van der Waals surface area contributed by atoms with Gasteiger partial charge in [0.05, 0.1) is 6.10 Å². The molecule has 1 saturated heterocycles. The van der Waals surface area contributed by atoms with Crippen molar-refractivity contribution in [2.75, 3.05) is 6.61 Å². The molecule has 2 atom stereocenters. The Bertz CT molecular complexity index is 404. The van der Waals surface area contributed by atoms with Gasteiger partial charge in [0.2, 0.25) is 0 Å². The van der Waals surface area contributed by atoms with Crippen LogP contribution in [-0.4, -0.2) is 12.7 Å². The first-order valence-electron chi connectivity index (χ1n) is 7.21. The number of nitrogens with two attached hydrogens (primary N) is 1. The van der Waals surface area contributed by atoms with Gasteiger partial charge in [-0.05, 0) is 62.6 Å². The Balaban J connectivity index is 1.86. The Kier molecular flexibility index (Phi) is 5.43. The quantitative estimate of drug-likeness (QED) is 0.869. The van der Waals surface area contributed by atoms with Gasteiger partial charge in [-0.25, -0.2) is 0 Å². The predicted octanol–water partition coefficient (Wildman–Crippen LogP) is 4.42. The van der Waals surface area contributed by atoms with Crippen molar-refractivity contribution in [3.63, 3.8) is 0 Å². The lowest BCUT2D eigenvalue weighted by molar-refractivity contribution is 0.101. The van der Waals surface area contributed by atoms with Crippen LogP contribution in [0.25, 0.3) is 0 Å². The lowest BCUT2D eigenvalue weighted by Gasteiger charge is -2.16. The van der Waals surface area contributed by atoms with Crippen LogP contribution in [0, 0.1) is 13.8 Å². The zero-order valence-electron chi connectivity index (χ0n) is 11.9. The Labute approximate surface area is 124 Å². The fourth-order valence-corrected chi connectivity index (χ4v) is 3.03. The van der Waals surface area contributed by atoms with Crippen molar-refractivity contribution in [2.24, 2.45) is 5.73 Å². The molecule has 1 aromatic carbocycles. The highest BCUT2D eigenvalue weighted by Gasteiger charge is 2.16. The molecule has 1 aliphatic rings. The highest BCUT2D eigenvalue weighted by atomic mass is 79.9. The smallest absolute Gasteiger partial charge is 0.0576 e. The van der Waals surface area contributed by atoms with E-state index < -0.39 is 0 Å². The van der Waals surface area contributed by atoms with Gasteiger partial charge >= 0.3 is 0 Å². The van der Waals surface area contributed by atoms with Gasteiger partial charge in [-0.2, -0.15) is 0 Å². The van der Waals surface area contributed by atoms with Crippen molar-refractivity contribution < 1.29 is 4.74 Å². The van der Waals surface area contributed by atoms with Gasteiger partial charge in [-0.1, -0.05) is 28.1 Å². The lowest BCUT2D eigenvalue weighted by Crippen LogP contribution is -2.12. The summed E-state index contributed by atoms with van der Waals surface area (Å²) in [5.41, 5.74) is 10.1. The topological polar surface area (TPSA) is 35.2 Å². The van der Waals surface area contributed by atoms with Gasteiger partial charge < -0.3 is 10.5 Å². The molecule has 0 aromatic heterocycles. The third-order valence-electron chi connectivity index (χ3n) is 3.95. The van der Waals surface area contributed by atoms with Crippen LogP contribution in [0.3, 0.4) is 0 Å². The summed E-state index contributed by atoms with van der Waals surface area (Å²) in [5, 5.41) is 0. The summed E-state index contributed by atoms with van der Waals surface area (Å²) in [7, 11) is 0. The highest BCUT2D eigenvalue weighted by Crippen LogP contribution is 2.27.